The van der Waals surface area contributed by atoms with Crippen LogP contribution < -0.4 is 0 Å². The van der Waals surface area contributed by atoms with Crippen molar-refractivity contribution in [2.45, 2.75) is 6.42 Å². The van der Waals surface area contributed by atoms with Gasteiger partial charge in [-0.1, -0.05) is 54.6 Å². The van der Waals surface area contributed by atoms with Crippen LogP contribution >= 0.6 is 11.3 Å². The summed E-state index contributed by atoms with van der Waals surface area (Å²) in [6, 6.07) is 20.5. The van der Waals surface area contributed by atoms with Crippen molar-refractivity contribution in [1.82, 2.24) is 0 Å². The van der Waals surface area contributed by atoms with Crippen LogP contribution in [0.5, 0.6) is 0 Å². The molecule has 3 heteroatoms. The number of thiophene rings is 1. The fourth-order valence-electron chi connectivity index (χ4n) is 3.12. The standard InChI is InChI=1S/C20H14O2S/c21-20(22)18-9-10-23-19(18)12-14-11-13-5-1-2-6-15(13)17-8-4-3-7-16(14)17/h1-11H,12H2,(H,21,22). The van der Waals surface area contributed by atoms with Gasteiger partial charge in [-0.2, -0.15) is 0 Å². The fraction of sp³-hybridized carbons (Fsp3) is 0.0500. The number of hydrogen-bond acceptors (Lipinski definition) is 2. The van der Waals surface area contributed by atoms with Crippen LogP contribution in [0.15, 0.2) is 66.0 Å². The number of carboxylic acids is 1. The maximum absolute atomic E-state index is 11.4. The third-order valence-electron chi connectivity index (χ3n) is 4.18. The van der Waals surface area contributed by atoms with Gasteiger partial charge in [-0.05, 0) is 38.6 Å². The molecule has 0 fully saturated rings. The van der Waals surface area contributed by atoms with E-state index in [1.807, 2.05) is 23.6 Å². The lowest BCUT2D eigenvalue weighted by Crippen LogP contribution is -1.99. The molecule has 1 N–H and O–H groups in total. The lowest BCUT2D eigenvalue weighted by Gasteiger charge is -2.10. The van der Waals surface area contributed by atoms with Gasteiger partial charge in [0, 0.05) is 11.3 Å². The first kappa shape index (κ1) is 14.0. The van der Waals surface area contributed by atoms with E-state index in [9.17, 15) is 9.90 Å². The van der Waals surface area contributed by atoms with Gasteiger partial charge in [0.25, 0.3) is 0 Å². The summed E-state index contributed by atoms with van der Waals surface area (Å²) in [5.74, 6) is -0.855. The highest BCUT2D eigenvalue weighted by molar-refractivity contribution is 7.10. The van der Waals surface area contributed by atoms with Gasteiger partial charge in [0.1, 0.15) is 0 Å². The van der Waals surface area contributed by atoms with E-state index in [1.165, 1.54) is 38.4 Å². The van der Waals surface area contributed by atoms with Crippen molar-refractivity contribution in [2.75, 3.05) is 0 Å². The maximum Gasteiger partial charge on any atom is 0.336 e. The minimum Gasteiger partial charge on any atom is -0.478 e. The first-order valence-corrected chi connectivity index (χ1v) is 8.31. The van der Waals surface area contributed by atoms with E-state index in [-0.39, 0.29) is 0 Å². The Morgan fingerprint density at radius 2 is 1.61 bits per heavy atom. The monoisotopic (exact) mass is 318 g/mol. The Morgan fingerprint density at radius 1 is 0.913 bits per heavy atom. The molecule has 0 amide bonds. The van der Waals surface area contributed by atoms with Crippen LogP contribution in [0.2, 0.25) is 0 Å². The number of benzene rings is 3. The molecule has 0 bridgehead atoms. The molecule has 0 radical (unpaired) electrons. The highest BCUT2D eigenvalue weighted by atomic mass is 32.1. The quantitative estimate of drug-likeness (QED) is 0.517. The normalized spacial score (nSPS) is 11.1. The van der Waals surface area contributed by atoms with E-state index in [2.05, 4.69) is 36.4 Å². The molecule has 112 valence electrons. The molecule has 1 aromatic heterocycles. The van der Waals surface area contributed by atoms with Gasteiger partial charge in [-0.15, -0.1) is 11.3 Å². The SMILES string of the molecule is O=C(O)c1ccsc1Cc1cc2ccccc2c2ccccc12. The number of rotatable bonds is 3. The largest absolute Gasteiger partial charge is 0.478 e. The van der Waals surface area contributed by atoms with Crippen LogP contribution in [0.1, 0.15) is 20.8 Å². The summed E-state index contributed by atoms with van der Waals surface area (Å²) in [6.45, 7) is 0. The second-order valence-electron chi connectivity index (χ2n) is 5.54. The summed E-state index contributed by atoms with van der Waals surface area (Å²) in [5, 5.41) is 16.0. The number of carboxylic acid groups (broad SMARTS) is 1. The molecule has 23 heavy (non-hydrogen) atoms. The van der Waals surface area contributed by atoms with E-state index in [4.69, 9.17) is 0 Å². The van der Waals surface area contributed by atoms with Gasteiger partial charge in [0.2, 0.25) is 0 Å². The van der Waals surface area contributed by atoms with E-state index >= 15 is 0 Å². The van der Waals surface area contributed by atoms with Gasteiger partial charge in [-0.25, -0.2) is 4.79 Å². The topological polar surface area (TPSA) is 37.3 Å². The Balaban J connectivity index is 1.95. The molecule has 1 heterocycles. The average Bonchev–Trinajstić information content (AvgIpc) is 3.03. The smallest absolute Gasteiger partial charge is 0.336 e. The van der Waals surface area contributed by atoms with E-state index in [0.29, 0.717) is 12.0 Å². The first-order chi connectivity index (χ1) is 11.2. The molecule has 0 saturated carbocycles. The lowest BCUT2D eigenvalue weighted by molar-refractivity contribution is 0.0696. The highest BCUT2D eigenvalue weighted by Crippen LogP contribution is 2.31. The Kier molecular flexibility index (Phi) is 3.36. The Hall–Kier alpha value is -2.65. The molecule has 0 atom stereocenters. The zero-order valence-corrected chi connectivity index (χ0v) is 13.1. The molecule has 0 aliphatic heterocycles. The molecular weight excluding hydrogens is 304 g/mol. The average molecular weight is 318 g/mol. The van der Waals surface area contributed by atoms with Crippen LogP contribution in [-0.2, 0) is 6.42 Å². The minimum atomic E-state index is -0.855. The summed E-state index contributed by atoms with van der Waals surface area (Å²) in [6.07, 6.45) is 0.643. The van der Waals surface area contributed by atoms with Gasteiger partial charge in [-0.3, -0.25) is 0 Å². The molecule has 0 spiro atoms. The first-order valence-electron chi connectivity index (χ1n) is 7.43. The lowest BCUT2D eigenvalue weighted by atomic mass is 9.95. The number of fused-ring (bicyclic) bond motifs is 3. The predicted molar refractivity (Wildman–Crippen MR) is 95.5 cm³/mol. The zero-order valence-electron chi connectivity index (χ0n) is 12.3. The molecular formula is C20H14O2S. The zero-order chi connectivity index (χ0) is 15.8. The van der Waals surface area contributed by atoms with Crippen molar-refractivity contribution < 1.29 is 9.90 Å². The molecule has 3 aromatic carbocycles. The van der Waals surface area contributed by atoms with Gasteiger partial charge >= 0.3 is 5.97 Å². The van der Waals surface area contributed by atoms with Crippen molar-refractivity contribution in [3.63, 3.8) is 0 Å². The van der Waals surface area contributed by atoms with Gasteiger partial charge in [0.05, 0.1) is 5.56 Å². The van der Waals surface area contributed by atoms with E-state index in [0.717, 1.165) is 4.88 Å². The van der Waals surface area contributed by atoms with Crippen molar-refractivity contribution in [1.29, 1.82) is 0 Å². The molecule has 0 aliphatic carbocycles. The van der Waals surface area contributed by atoms with Crippen LogP contribution in [0.25, 0.3) is 21.5 Å². The molecule has 4 aromatic rings. The van der Waals surface area contributed by atoms with Gasteiger partial charge in [0.15, 0.2) is 0 Å². The summed E-state index contributed by atoms with van der Waals surface area (Å²) in [7, 11) is 0. The molecule has 0 saturated heterocycles. The predicted octanol–water partition coefficient (Wildman–Crippen LogP) is 5.34. The summed E-state index contributed by atoms with van der Waals surface area (Å²) in [5.41, 5.74) is 1.58. The minimum absolute atomic E-state index is 0.409. The maximum atomic E-state index is 11.4. The third kappa shape index (κ3) is 2.39. The number of hydrogen-bond donors (Lipinski definition) is 1. The third-order valence-corrected chi connectivity index (χ3v) is 5.10. The van der Waals surface area contributed by atoms with E-state index < -0.39 is 5.97 Å². The molecule has 0 aliphatic rings. The van der Waals surface area contributed by atoms with Gasteiger partial charge < -0.3 is 5.11 Å². The van der Waals surface area contributed by atoms with Crippen molar-refractivity contribution in [2.24, 2.45) is 0 Å². The van der Waals surface area contributed by atoms with Crippen molar-refractivity contribution >= 4 is 38.9 Å². The second kappa shape index (κ2) is 5.52. The Bertz CT molecular complexity index is 1030. The second-order valence-corrected chi connectivity index (χ2v) is 6.54. The molecule has 0 unspecified atom stereocenters. The van der Waals surface area contributed by atoms with E-state index in [1.54, 1.807) is 6.07 Å². The molecule has 2 nitrogen and oxygen atoms in total. The highest BCUT2D eigenvalue weighted by Gasteiger charge is 2.14. The summed E-state index contributed by atoms with van der Waals surface area (Å²) >= 11 is 1.51. The van der Waals surface area contributed by atoms with Crippen LogP contribution in [0.4, 0.5) is 0 Å². The number of carbonyl (C=O) groups is 1. The Labute approximate surface area is 137 Å². The van der Waals surface area contributed by atoms with Crippen molar-refractivity contribution in [3.8, 4) is 0 Å². The summed E-state index contributed by atoms with van der Waals surface area (Å²) in [4.78, 5) is 12.3. The fourth-order valence-corrected chi connectivity index (χ4v) is 4.01. The van der Waals surface area contributed by atoms with Crippen LogP contribution in [0.3, 0.4) is 0 Å². The number of aromatic carboxylic acids is 1. The van der Waals surface area contributed by atoms with Crippen molar-refractivity contribution in [3.05, 3.63) is 82.0 Å². The van der Waals surface area contributed by atoms with Crippen LogP contribution in [-0.4, -0.2) is 11.1 Å². The Morgan fingerprint density at radius 3 is 2.39 bits per heavy atom. The van der Waals surface area contributed by atoms with Crippen LogP contribution in [0, 0.1) is 0 Å². The summed E-state index contributed by atoms with van der Waals surface area (Å²) < 4.78 is 0. The molecule has 4 rings (SSSR count).